The van der Waals surface area contributed by atoms with Gasteiger partial charge in [0.1, 0.15) is 0 Å². The van der Waals surface area contributed by atoms with Crippen LogP contribution in [0.1, 0.15) is 37.8 Å². The van der Waals surface area contributed by atoms with Crippen LogP contribution in [0.3, 0.4) is 0 Å². The topological polar surface area (TPSA) is 12.0 Å². The first kappa shape index (κ1) is 13.3. The van der Waals surface area contributed by atoms with Gasteiger partial charge in [0.15, 0.2) is 0 Å². The lowest BCUT2D eigenvalue weighted by Crippen LogP contribution is -2.44. The molecule has 17 heavy (non-hydrogen) atoms. The van der Waals surface area contributed by atoms with Crippen LogP contribution in [-0.4, -0.2) is 17.5 Å². The van der Waals surface area contributed by atoms with Gasteiger partial charge in [0, 0.05) is 22.4 Å². The second kappa shape index (κ2) is 5.64. The number of hydrogen-bond acceptors (Lipinski definition) is 2. The molecule has 1 aromatic carbocycles. The van der Waals surface area contributed by atoms with E-state index in [-0.39, 0.29) is 0 Å². The fourth-order valence-corrected chi connectivity index (χ4v) is 3.52. The Morgan fingerprint density at radius 1 is 1.41 bits per heavy atom. The maximum atomic E-state index is 6.21. The lowest BCUT2D eigenvalue weighted by Gasteiger charge is -2.41. The Morgan fingerprint density at radius 2 is 2.12 bits per heavy atom. The fraction of sp³-hybridized carbons (Fsp3) is 0.571. The summed E-state index contributed by atoms with van der Waals surface area (Å²) in [6.45, 7) is 3.27. The number of thioether (sulfide) groups is 1. The van der Waals surface area contributed by atoms with Crippen molar-refractivity contribution in [3.8, 4) is 0 Å². The first-order valence-corrected chi connectivity index (χ1v) is 7.80. The van der Waals surface area contributed by atoms with Crippen LogP contribution < -0.4 is 5.32 Å². The zero-order valence-corrected chi connectivity index (χ0v) is 12.1. The molecule has 1 fully saturated rings. The van der Waals surface area contributed by atoms with Gasteiger partial charge >= 0.3 is 0 Å². The van der Waals surface area contributed by atoms with E-state index in [0.29, 0.717) is 10.8 Å². The third-order valence-electron chi connectivity index (χ3n) is 3.80. The summed E-state index contributed by atoms with van der Waals surface area (Å²) >= 11 is 8.21. The Morgan fingerprint density at radius 3 is 2.65 bits per heavy atom. The minimum absolute atomic E-state index is 0.327. The van der Waals surface area contributed by atoms with Gasteiger partial charge in [-0.25, -0.2) is 0 Å². The predicted octanol–water partition coefficient (Wildman–Crippen LogP) is 4.28. The SMILES string of the molecule is CSC1(CNC(C)c2ccccc2Cl)CCC1. The molecular weight excluding hydrogens is 250 g/mol. The average Bonchev–Trinajstić information content (AvgIpc) is 2.28. The van der Waals surface area contributed by atoms with Crippen LogP contribution in [0.2, 0.25) is 5.02 Å². The summed E-state index contributed by atoms with van der Waals surface area (Å²) in [4.78, 5) is 0. The molecule has 0 amide bonds. The van der Waals surface area contributed by atoms with Crippen LogP contribution in [0.25, 0.3) is 0 Å². The van der Waals surface area contributed by atoms with Gasteiger partial charge in [0.05, 0.1) is 0 Å². The van der Waals surface area contributed by atoms with Crippen LogP contribution in [0.4, 0.5) is 0 Å². The third kappa shape index (κ3) is 2.98. The van der Waals surface area contributed by atoms with Crippen molar-refractivity contribution in [3.63, 3.8) is 0 Å². The van der Waals surface area contributed by atoms with Crippen molar-refractivity contribution in [1.82, 2.24) is 5.32 Å². The van der Waals surface area contributed by atoms with Crippen LogP contribution in [0, 0.1) is 0 Å². The van der Waals surface area contributed by atoms with E-state index in [4.69, 9.17) is 11.6 Å². The van der Waals surface area contributed by atoms with Crippen molar-refractivity contribution in [1.29, 1.82) is 0 Å². The minimum Gasteiger partial charge on any atom is -0.309 e. The quantitative estimate of drug-likeness (QED) is 0.856. The predicted molar refractivity (Wildman–Crippen MR) is 78.0 cm³/mol. The monoisotopic (exact) mass is 269 g/mol. The van der Waals surface area contributed by atoms with Gasteiger partial charge < -0.3 is 5.32 Å². The van der Waals surface area contributed by atoms with Crippen molar-refractivity contribution >= 4 is 23.4 Å². The van der Waals surface area contributed by atoms with Gasteiger partial charge in [0.25, 0.3) is 0 Å². The molecule has 2 rings (SSSR count). The van der Waals surface area contributed by atoms with Crippen molar-refractivity contribution in [2.24, 2.45) is 0 Å². The maximum absolute atomic E-state index is 6.21. The Hall–Kier alpha value is -0.180. The molecule has 0 saturated heterocycles. The van der Waals surface area contributed by atoms with E-state index >= 15 is 0 Å². The molecule has 1 nitrogen and oxygen atoms in total. The van der Waals surface area contributed by atoms with E-state index in [2.05, 4.69) is 24.6 Å². The number of rotatable bonds is 5. The summed E-state index contributed by atoms with van der Waals surface area (Å²) < 4.78 is 0.482. The summed E-state index contributed by atoms with van der Waals surface area (Å²) in [6, 6.07) is 8.42. The van der Waals surface area contributed by atoms with Gasteiger partial charge in [-0.15, -0.1) is 0 Å². The van der Waals surface area contributed by atoms with E-state index in [1.807, 2.05) is 30.0 Å². The fourth-order valence-electron chi connectivity index (χ4n) is 2.30. The largest absolute Gasteiger partial charge is 0.309 e. The molecule has 1 aliphatic rings. The second-order valence-electron chi connectivity index (χ2n) is 4.86. The Kier molecular flexibility index (Phi) is 4.40. The Bertz CT molecular complexity index is 371. The third-order valence-corrected chi connectivity index (χ3v) is 5.56. The van der Waals surface area contributed by atoms with Gasteiger partial charge in [-0.05, 0) is 37.7 Å². The van der Waals surface area contributed by atoms with E-state index in [1.165, 1.54) is 24.8 Å². The summed E-state index contributed by atoms with van der Waals surface area (Å²) in [5.41, 5.74) is 1.20. The first-order valence-electron chi connectivity index (χ1n) is 6.20. The van der Waals surface area contributed by atoms with Gasteiger partial charge in [-0.2, -0.15) is 11.8 Å². The molecular formula is C14H20ClNS. The molecule has 1 unspecified atom stereocenters. The van der Waals surface area contributed by atoms with Crippen LogP contribution in [-0.2, 0) is 0 Å². The van der Waals surface area contributed by atoms with Crippen molar-refractivity contribution < 1.29 is 0 Å². The highest BCUT2D eigenvalue weighted by molar-refractivity contribution is 8.00. The molecule has 0 bridgehead atoms. The Balaban J connectivity index is 1.93. The van der Waals surface area contributed by atoms with Crippen molar-refractivity contribution in [2.75, 3.05) is 12.8 Å². The van der Waals surface area contributed by atoms with E-state index in [1.54, 1.807) is 0 Å². The lowest BCUT2D eigenvalue weighted by molar-refractivity contribution is 0.334. The summed E-state index contributed by atoms with van der Waals surface area (Å²) in [6.07, 6.45) is 6.29. The summed E-state index contributed by atoms with van der Waals surface area (Å²) in [5.74, 6) is 0. The molecule has 0 radical (unpaired) electrons. The Labute approximate surface area is 113 Å². The first-order chi connectivity index (χ1) is 8.17. The molecule has 0 aliphatic heterocycles. The molecule has 94 valence electrons. The molecule has 3 heteroatoms. The molecule has 0 heterocycles. The van der Waals surface area contributed by atoms with E-state index < -0.39 is 0 Å². The van der Waals surface area contributed by atoms with Crippen LogP contribution >= 0.6 is 23.4 Å². The number of nitrogens with one attached hydrogen (secondary N) is 1. The summed E-state index contributed by atoms with van der Waals surface area (Å²) in [7, 11) is 0. The normalized spacial score (nSPS) is 19.7. The minimum atomic E-state index is 0.327. The highest BCUT2D eigenvalue weighted by atomic mass is 35.5. The molecule has 1 N–H and O–H groups in total. The zero-order valence-electron chi connectivity index (χ0n) is 10.5. The van der Waals surface area contributed by atoms with Gasteiger partial charge in [-0.1, -0.05) is 36.2 Å². The highest BCUT2D eigenvalue weighted by Gasteiger charge is 2.36. The molecule has 1 aromatic rings. The second-order valence-corrected chi connectivity index (χ2v) is 6.55. The van der Waals surface area contributed by atoms with Crippen molar-refractivity contribution in [3.05, 3.63) is 34.9 Å². The standard InChI is InChI=1S/C14H20ClNS/c1-11(12-6-3-4-7-13(12)15)16-10-14(17-2)8-5-9-14/h3-4,6-7,11,16H,5,8-10H2,1-2H3. The molecule has 1 saturated carbocycles. The average molecular weight is 270 g/mol. The lowest BCUT2D eigenvalue weighted by atomic mass is 9.84. The van der Waals surface area contributed by atoms with E-state index in [0.717, 1.165) is 11.6 Å². The summed E-state index contributed by atoms with van der Waals surface area (Å²) in [5, 5.41) is 4.49. The molecule has 0 spiro atoms. The van der Waals surface area contributed by atoms with Crippen molar-refractivity contribution in [2.45, 2.75) is 37.0 Å². The number of benzene rings is 1. The van der Waals surface area contributed by atoms with Gasteiger partial charge in [-0.3, -0.25) is 0 Å². The maximum Gasteiger partial charge on any atom is 0.0453 e. The number of hydrogen-bond donors (Lipinski definition) is 1. The van der Waals surface area contributed by atoms with Crippen LogP contribution in [0.5, 0.6) is 0 Å². The highest BCUT2D eigenvalue weighted by Crippen LogP contribution is 2.42. The van der Waals surface area contributed by atoms with Gasteiger partial charge in [0.2, 0.25) is 0 Å². The zero-order chi connectivity index (χ0) is 12.3. The molecule has 1 aliphatic carbocycles. The molecule has 1 atom stereocenters. The number of halogens is 1. The smallest absolute Gasteiger partial charge is 0.0453 e. The molecule has 0 aromatic heterocycles. The van der Waals surface area contributed by atoms with E-state index in [9.17, 15) is 0 Å². The van der Waals surface area contributed by atoms with Crippen LogP contribution in [0.15, 0.2) is 24.3 Å².